The molecule has 3 nitrogen and oxygen atoms in total. The van der Waals surface area contributed by atoms with Crippen molar-refractivity contribution in [1.29, 1.82) is 0 Å². The summed E-state index contributed by atoms with van der Waals surface area (Å²) in [4.78, 5) is 12.7. The highest BCUT2D eigenvalue weighted by molar-refractivity contribution is 6.37. The van der Waals surface area contributed by atoms with E-state index in [1.54, 1.807) is 24.3 Å². The van der Waals surface area contributed by atoms with Crippen LogP contribution in [0.4, 0.5) is 0 Å². The molecule has 0 unspecified atom stereocenters. The van der Waals surface area contributed by atoms with E-state index in [-0.39, 0.29) is 18.3 Å². The van der Waals surface area contributed by atoms with Gasteiger partial charge in [0.15, 0.2) is 5.78 Å². The molecule has 5 heteroatoms. The number of hydrogen-bond acceptors (Lipinski definition) is 2. The minimum Gasteiger partial charge on any atom is -0.489 e. The number of carbonyl (C=O) groups is 1. The standard InChI is InChI=1S/C21H21Cl2NO2/c1-4-14-8-10-15(11-9-14)26-12-16(21(25)13(2)3)20(24)19-17(22)6-5-7-18(19)23/h4-11,13H,1,12,24H2,2-3H3/p+1. The van der Waals surface area contributed by atoms with E-state index in [1.807, 2.05) is 38.1 Å². The predicted molar refractivity (Wildman–Crippen MR) is 108 cm³/mol. The average molecular weight is 391 g/mol. The van der Waals surface area contributed by atoms with Crippen LogP contribution in [0.3, 0.4) is 0 Å². The summed E-state index contributed by atoms with van der Waals surface area (Å²) in [6.45, 7) is 7.48. The second kappa shape index (κ2) is 9.04. The van der Waals surface area contributed by atoms with Crippen LogP contribution in [0.5, 0.6) is 5.75 Å². The zero-order valence-corrected chi connectivity index (χ0v) is 16.4. The highest BCUT2D eigenvalue weighted by Gasteiger charge is 2.24. The van der Waals surface area contributed by atoms with Gasteiger partial charge in [0.05, 0.1) is 21.2 Å². The number of quaternary nitrogens is 1. The Kier molecular flexibility index (Phi) is 7.04. The van der Waals surface area contributed by atoms with Crippen LogP contribution in [0, 0.1) is 5.92 Å². The molecule has 3 N–H and O–H groups in total. The van der Waals surface area contributed by atoms with Gasteiger partial charge in [-0.1, -0.05) is 67.9 Å². The number of carbonyl (C=O) groups excluding carboxylic acids is 1. The Balaban J connectivity index is 2.39. The molecule has 0 fully saturated rings. The summed E-state index contributed by atoms with van der Waals surface area (Å²) in [6, 6.07) is 12.7. The third kappa shape index (κ3) is 4.76. The second-order valence-corrected chi connectivity index (χ2v) is 6.95. The molecule has 0 saturated heterocycles. The SMILES string of the molecule is C=Cc1ccc(OCC(C(=O)C(C)C)=C([NH3+])c2c(Cl)cccc2Cl)cc1. The van der Waals surface area contributed by atoms with Crippen molar-refractivity contribution >= 4 is 40.8 Å². The Hall–Kier alpha value is -2.07. The van der Waals surface area contributed by atoms with Crippen LogP contribution >= 0.6 is 23.2 Å². The van der Waals surface area contributed by atoms with Crippen LogP contribution in [-0.4, -0.2) is 12.4 Å². The minimum absolute atomic E-state index is 0.0475. The average Bonchev–Trinajstić information content (AvgIpc) is 2.62. The quantitative estimate of drug-likeness (QED) is 0.683. The highest BCUT2D eigenvalue weighted by Crippen LogP contribution is 2.30. The third-order valence-electron chi connectivity index (χ3n) is 3.95. The molecule has 2 aromatic carbocycles. The van der Waals surface area contributed by atoms with Crippen molar-refractivity contribution in [2.75, 3.05) is 6.61 Å². The Morgan fingerprint density at radius 3 is 2.23 bits per heavy atom. The molecule has 0 bridgehead atoms. The molecule has 0 heterocycles. The van der Waals surface area contributed by atoms with E-state index in [4.69, 9.17) is 27.9 Å². The van der Waals surface area contributed by atoms with Crippen LogP contribution in [-0.2, 0) is 4.79 Å². The molecule has 0 aliphatic heterocycles. The van der Waals surface area contributed by atoms with Crippen molar-refractivity contribution in [2.24, 2.45) is 5.92 Å². The molecule has 136 valence electrons. The lowest BCUT2D eigenvalue weighted by molar-refractivity contribution is -0.245. The summed E-state index contributed by atoms with van der Waals surface area (Å²) in [7, 11) is 0. The van der Waals surface area contributed by atoms with E-state index < -0.39 is 0 Å². The van der Waals surface area contributed by atoms with E-state index in [9.17, 15) is 4.79 Å². The first-order valence-electron chi connectivity index (χ1n) is 8.24. The molecular weight excluding hydrogens is 369 g/mol. The zero-order chi connectivity index (χ0) is 19.3. The molecule has 0 amide bonds. The molecule has 0 atom stereocenters. The van der Waals surface area contributed by atoms with Crippen molar-refractivity contribution in [3.05, 3.63) is 75.8 Å². The maximum absolute atomic E-state index is 12.7. The highest BCUT2D eigenvalue weighted by atomic mass is 35.5. The Morgan fingerprint density at radius 1 is 1.15 bits per heavy atom. The van der Waals surface area contributed by atoms with Gasteiger partial charge in [0.1, 0.15) is 18.1 Å². The molecular formula is C21H22Cl2NO2+. The van der Waals surface area contributed by atoms with Crippen LogP contribution in [0.25, 0.3) is 11.8 Å². The Labute approximate surface area is 164 Å². The zero-order valence-electron chi connectivity index (χ0n) is 14.9. The lowest BCUT2D eigenvalue weighted by Crippen LogP contribution is -2.48. The van der Waals surface area contributed by atoms with Crippen molar-refractivity contribution in [1.82, 2.24) is 0 Å². The van der Waals surface area contributed by atoms with Gasteiger partial charge < -0.3 is 10.5 Å². The first-order valence-corrected chi connectivity index (χ1v) is 8.99. The first kappa shape index (κ1) is 20.2. The molecule has 2 aromatic rings. The maximum Gasteiger partial charge on any atom is 0.170 e. The fraction of sp³-hybridized carbons (Fsp3) is 0.190. The first-order chi connectivity index (χ1) is 12.3. The third-order valence-corrected chi connectivity index (χ3v) is 4.58. The fourth-order valence-corrected chi connectivity index (χ4v) is 3.07. The molecule has 0 spiro atoms. The van der Waals surface area contributed by atoms with Gasteiger partial charge in [-0.3, -0.25) is 4.79 Å². The van der Waals surface area contributed by atoms with Crippen molar-refractivity contribution in [2.45, 2.75) is 13.8 Å². The molecule has 0 radical (unpaired) electrons. The number of benzene rings is 2. The van der Waals surface area contributed by atoms with Gasteiger partial charge in [-0.25, -0.2) is 0 Å². The molecule has 0 aliphatic rings. The maximum atomic E-state index is 12.7. The van der Waals surface area contributed by atoms with Gasteiger partial charge >= 0.3 is 0 Å². The molecule has 0 saturated carbocycles. The van der Waals surface area contributed by atoms with Gasteiger partial charge in [-0.15, -0.1) is 0 Å². The number of rotatable bonds is 7. The number of halogens is 2. The minimum atomic E-state index is -0.199. The van der Waals surface area contributed by atoms with Gasteiger partial charge in [-0.2, -0.15) is 0 Å². The number of ether oxygens (including phenoxy) is 1. The van der Waals surface area contributed by atoms with Gasteiger partial charge in [0.2, 0.25) is 0 Å². The number of hydrogen-bond donors (Lipinski definition) is 1. The monoisotopic (exact) mass is 390 g/mol. The second-order valence-electron chi connectivity index (χ2n) is 6.13. The Bertz CT molecular complexity index is 819. The number of ketones is 1. The van der Waals surface area contributed by atoms with Gasteiger partial charge in [-0.05, 0) is 29.8 Å². The normalized spacial score (nSPS) is 11.9. The summed E-state index contributed by atoms with van der Waals surface area (Å²) < 4.78 is 5.82. The van der Waals surface area contributed by atoms with Crippen LogP contribution in [0.2, 0.25) is 10.0 Å². The van der Waals surface area contributed by atoms with Crippen molar-refractivity contribution < 1.29 is 15.3 Å². The van der Waals surface area contributed by atoms with E-state index in [0.29, 0.717) is 32.6 Å². The van der Waals surface area contributed by atoms with Crippen molar-refractivity contribution in [3.63, 3.8) is 0 Å². The fourth-order valence-electron chi connectivity index (χ4n) is 2.45. The van der Waals surface area contributed by atoms with Crippen LogP contribution < -0.4 is 10.5 Å². The summed E-state index contributed by atoms with van der Waals surface area (Å²) >= 11 is 12.6. The van der Waals surface area contributed by atoms with E-state index >= 15 is 0 Å². The molecule has 0 aromatic heterocycles. The molecule has 26 heavy (non-hydrogen) atoms. The van der Waals surface area contributed by atoms with E-state index in [1.165, 1.54) is 0 Å². The molecule has 0 aliphatic carbocycles. The summed E-state index contributed by atoms with van der Waals surface area (Å²) in [6.07, 6.45) is 1.75. The lowest BCUT2D eigenvalue weighted by atomic mass is 9.97. The van der Waals surface area contributed by atoms with Crippen molar-refractivity contribution in [3.8, 4) is 5.75 Å². The summed E-state index contributed by atoms with van der Waals surface area (Å²) in [5, 5.41) is 0.902. The topological polar surface area (TPSA) is 53.9 Å². The van der Waals surface area contributed by atoms with Crippen LogP contribution in [0.1, 0.15) is 25.0 Å². The summed E-state index contributed by atoms with van der Waals surface area (Å²) in [5.41, 5.74) is 6.57. The van der Waals surface area contributed by atoms with Gasteiger partial charge in [0.25, 0.3) is 0 Å². The van der Waals surface area contributed by atoms with E-state index in [2.05, 4.69) is 12.3 Å². The lowest BCUT2D eigenvalue weighted by Gasteiger charge is -2.14. The Morgan fingerprint density at radius 2 is 1.73 bits per heavy atom. The smallest absolute Gasteiger partial charge is 0.170 e. The summed E-state index contributed by atoms with van der Waals surface area (Å²) in [5.74, 6) is 0.408. The molecule has 2 rings (SSSR count). The number of Topliss-reactive ketones (excluding diaryl/α,β-unsaturated/α-hetero) is 1. The van der Waals surface area contributed by atoms with Crippen LogP contribution in [0.15, 0.2) is 54.6 Å². The van der Waals surface area contributed by atoms with Gasteiger partial charge in [0, 0.05) is 5.92 Å². The predicted octanol–water partition coefficient (Wildman–Crippen LogP) is 4.89. The largest absolute Gasteiger partial charge is 0.489 e. The van der Waals surface area contributed by atoms with E-state index in [0.717, 1.165) is 5.56 Å².